The second-order valence-corrected chi connectivity index (χ2v) is 7.57. The Morgan fingerprint density at radius 2 is 1.96 bits per heavy atom. The van der Waals surface area contributed by atoms with E-state index in [4.69, 9.17) is 11.6 Å². The maximum absolute atomic E-state index is 12.6. The van der Waals surface area contributed by atoms with Crippen molar-refractivity contribution in [2.75, 3.05) is 17.2 Å². The number of thiophene rings is 1. The number of hydrogen-bond donors (Lipinski definition) is 1. The summed E-state index contributed by atoms with van der Waals surface area (Å²) in [7, 11) is 0. The molecule has 1 aromatic heterocycles. The van der Waals surface area contributed by atoms with Gasteiger partial charge in [0.05, 0.1) is 16.3 Å². The van der Waals surface area contributed by atoms with Crippen molar-refractivity contribution in [2.45, 2.75) is 13.8 Å². The topological polar surface area (TPSA) is 74.7 Å². The number of carbonyl (C=O) groups excluding carboxylic acids is 2. The number of thioether (sulfide) groups is 1. The molecule has 0 fully saturated rings. The van der Waals surface area contributed by atoms with E-state index in [0.29, 0.717) is 21.2 Å². The van der Waals surface area contributed by atoms with Crippen LogP contribution in [0.5, 0.6) is 0 Å². The molecule has 132 valence electrons. The van der Waals surface area contributed by atoms with E-state index < -0.39 is 18.4 Å². The monoisotopic (exact) mass is 397 g/mol. The zero-order valence-electron chi connectivity index (χ0n) is 13.6. The number of amides is 1. The van der Waals surface area contributed by atoms with Gasteiger partial charge >= 0.3 is 5.97 Å². The molecular weight excluding hydrogens is 382 g/mol. The quantitative estimate of drug-likeness (QED) is 0.797. The lowest BCUT2D eigenvalue weighted by molar-refractivity contribution is -0.136. The average Bonchev–Trinajstić information content (AvgIpc) is 3.09. The van der Waals surface area contributed by atoms with E-state index in [-0.39, 0.29) is 10.9 Å². The van der Waals surface area contributed by atoms with Gasteiger partial charge < -0.3 is 5.11 Å². The predicted octanol–water partition coefficient (Wildman–Crippen LogP) is 4.01. The highest BCUT2D eigenvalue weighted by Gasteiger charge is 2.24. The molecule has 0 unspecified atom stereocenters. The predicted molar refractivity (Wildman–Crippen MR) is 102 cm³/mol. The number of carboxylic acids is 1. The minimum absolute atomic E-state index is 0.143. The van der Waals surface area contributed by atoms with Gasteiger partial charge in [0.1, 0.15) is 6.54 Å². The highest BCUT2D eigenvalue weighted by atomic mass is 35.5. The molecule has 0 bridgehead atoms. The van der Waals surface area contributed by atoms with Crippen LogP contribution >= 0.6 is 34.7 Å². The fourth-order valence-electron chi connectivity index (χ4n) is 2.32. The van der Waals surface area contributed by atoms with Crippen LogP contribution < -0.4 is 4.90 Å². The molecule has 1 aromatic carbocycles. The number of anilines is 1. The van der Waals surface area contributed by atoms with Gasteiger partial charge in [-0.05, 0) is 42.5 Å². The number of halogens is 1. The summed E-state index contributed by atoms with van der Waals surface area (Å²) in [4.78, 5) is 37.6. The molecular formula is C17H16ClNO4S2. The molecule has 1 N–H and O–H groups in total. The second-order valence-electron chi connectivity index (χ2n) is 5.26. The summed E-state index contributed by atoms with van der Waals surface area (Å²) in [5.74, 6) is -1.73. The normalized spacial score (nSPS) is 10.5. The Labute approximate surface area is 158 Å². The van der Waals surface area contributed by atoms with E-state index in [0.717, 1.165) is 17.3 Å². The van der Waals surface area contributed by atoms with Crippen LogP contribution in [-0.2, 0) is 9.59 Å². The molecule has 25 heavy (non-hydrogen) atoms. The fraction of sp³-hybridized carbons (Fsp3) is 0.235. The van der Waals surface area contributed by atoms with Crippen LogP contribution in [0, 0.1) is 13.8 Å². The zero-order chi connectivity index (χ0) is 18.6. The summed E-state index contributed by atoms with van der Waals surface area (Å²) in [6, 6.07) is 6.88. The Kier molecular flexibility index (Phi) is 6.64. The van der Waals surface area contributed by atoms with Gasteiger partial charge in [-0.3, -0.25) is 19.3 Å². The van der Waals surface area contributed by atoms with Crippen LogP contribution in [0.15, 0.2) is 29.6 Å². The van der Waals surface area contributed by atoms with Crippen LogP contribution in [-0.4, -0.2) is 34.4 Å². The molecule has 8 heteroatoms. The number of carboxylic acid groups (broad SMARTS) is 1. The van der Waals surface area contributed by atoms with Crippen LogP contribution in [0.4, 0.5) is 5.69 Å². The third kappa shape index (κ3) is 4.84. The summed E-state index contributed by atoms with van der Waals surface area (Å²) in [5.41, 5.74) is 1.85. The lowest BCUT2D eigenvalue weighted by Crippen LogP contribution is -2.38. The highest BCUT2D eigenvalue weighted by molar-refractivity contribution is 8.14. The Morgan fingerprint density at radius 3 is 2.56 bits per heavy atom. The highest BCUT2D eigenvalue weighted by Crippen LogP contribution is 2.31. The maximum Gasteiger partial charge on any atom is 0.323 e. The van der Waals surface area contributed by atoms with Gasteiger partial charge in [0.25, 0.3) is 0 Å². The molecule has 1 amide bonds. The molecule has 0 spiro atoms. The van der Waals surface area contributed by atoms with Crippen molar-refractivity contribution in [2.24, 2.45) is 0 Å². The van der Waals surface area contributed by atoms with Crippen molar-refractivity contribution in [3.05, 3.63) is 50.7 Å². The van der Waals surface area contributed by atoms with Gasteiger partial charge in [0.15, 0.2) is 0 Å². The van der Waals surface area contributed by atoms with Gasteiger partial charge in [0, 0.05) is 5.02 Å². The first-order valence-corrected chi connectivity index (χ1v) is 9.54. The minimum Gasteiger partial charge on any atom is -0.480 e. The van der Waals surface area contributed by atoms with E-state index in [1.807, 2.05) is 0 Å². The van der Waals surface area contributed by atoms with Gasteiger partial charge in [-0.2, -0.15) is 0 Å². The molecule has 0 atom stereocenters. The van der Waals surface area contributed by atoms with Crippen LogP contribution in [0.25, 0.3) is 0 Å². The standard InChI is InChI=1S/C17H16ClNO4S2/c1-10-5-6-12(18)11(2)16(10)19(8-15(21)22)14(20)9-25-17(23)13-4-3-7-24-13/h3-7H,8-9H2,1-2H3,(H,21,22). The van der Waals surface area contributed by atoms with Crippen molar-refractivity contribution in [3.8, 4) is 0 Å². The summed E-state index contributed by atoms with van der Waals surface area (Å²) in [6.45, 7) is 3.02. The Morgan fingerprint density at radius 1 is 1.24 bits per heavy atom. The first-order chi connectivity index (χ1) is 11.8. The van der Waals surface area contributed by atoms with Gasteiger partial charge in [0.2, 0.25) is 11.0 Å². The molecule has 2 rings (SSSR count). The second kappa shape index (κ2) is 8.51. The Balaban J connectivity index is 2.23. The molecule has 0 aliphatic rings. The molecule has 0 saturated carbocycles. The van der Waals surface area contributed by atoms with Crippen molar-refractivity contribution < 1.29 is 19.5 Å². The average molecular weight is 398 g/mol. The number of carbonyl (C=O) groups is 3. The fourth-order valence-corrected chi connectivity index (χ4v) is 3.98. The largest absolute Gasteiger partial charge is 0.480 e. The zero-order valence-corrected chi connectivity index (χ0v) is 16.0. The third-order valence-electron chi connectivity index (χ3n) is 3.48. The summed E-state index contributed by atoms with van der Waals surface area (Å²) >= 11 is 8.28. The molecule has 0 saturated heterocycles. The lowest BCUT2D eigenvalue weighted by Gasteiger charge is -2.25. The van der Waals surface area contributed by atoms with Crippen molar-refractivity contribution in [1.29, 1.82) is 0 Å². The molecule has 1 heterocycles. The Hall–Kier alpha value is -1.83. The number of aryl methyl sites for hydroxylation is 1. The van der Waals surface area contributed by atoms with Crippen LogP contribution in [0.1, 0.15) is 20.8 Å². The number of hydrogen-bond acceptors (Lipinski definition) is 5. The number of nitrogens with zero attached hydrogens (tertiary/aromatic N) is 1. The number of rotatable bonds is 6. The van der Waals surface area contributed by atoms with Crippen LogP contribution in [0.2, 0.25) is 5.02 Å². The minimum atomic E-state index is -1.14. The molecule has 0 aliphatic heterocycles. The molecule has 5 nitrogen and oxygen atoms in total. The SMILES string of the molecule is Cc1ccc(Cl)c(C)c1N(CC(=O)O)C(=O)CSC(=O)c1cccs1. The number of aliphatic carboxylic acids is 1. The smallest absolute Gasteiger partial charge is 0.323 e. The third-order valence-corrected chi connectivity index (χ3v) is 5.76. The number of benzene rings is 1. The summed E-state index contributed by atoms with van der Waals surface area (Å²) < 4.78 is 0. The lowest BCUT2D eigenvalue weighted by atomic mass is 10.1. The van der Waals surface area contributed by atoms with Crippen molar-refractivity contribution in [1.82, 2.24) is 0 Å². The van der Waals surface area contributed by atoms with Gasteiger partial charge in [-0.25, -0.2) is 0 Å². The van der Waals surface area contributed by atoms with Gasteiger partial charge in [-0.1, -0.05) is 35.5 Å². The van der Waals surface area contributed by atoms with Gasteiger partial charge in [-0.15, -0.1) is 11.3 Å². The van der Waals surface area contributed by atoms with E-state index in [2.05, 4.69) is 0 Å². The molecule has 0 radical (unpaired) electrons. The summed E-state index contributed by atoms with van der Waals surface area (Å²) in [6.07, 6.45) is 0. The summed E-state index contributed by atoms with van der Waals surface area (Å²) in [5, 5.41) is 11.2. The van der Waals surface area contributed by atoms with Crippen molar-refractivity contribution >= 4 is 57.4 Å². The first-order valence-electron chi connectivity index (χ1n) is 7.29. The maximum atomic E-state index is 12.6. The van der Waals surface area contributed by atoms with Crippen molar-refractivity contribution in [3.63, 3.8) is 0 Å². The van der Waals surface area contributed by atoms with E-state index in [1.54, 1.807) is 43.5 Å². The Bertz CT molecular complexity index is 805. The van der Waals surface area contributed by atoms with E-state index >= 15 is 0 Å². The van der Waals surface area contributed by atoms with E-state index in [9.17, 15) is 19.5 Å². The first kappa shape index (κ1) is 19.5. The molecule has 2 aromatic rings. The molecule has 0 aliphatic carbocycles. The van der Waals surface area contributed by atoms with Crippen LogP contribution in [0.3, 0.4) is 0 Å². The van der Waals surface area contributed by atoms with E-state index in [1.165, 1.54) is 16.2 Å².